The van der Waals surface area contributed by atoms with Gasteiger partial charge in [0.05, 0.1) is 24.5 Å². The van der Waals surface area contributed by atoms with Crippen molar-refractivity contribution in [2.24, 2.45) is 0 Å². The first-order valence-corrected chi connectivity index (χ1v) is 8.31. The van der Waals surface area contributed by atoms with Crippen LogP contribution in [0.25, 0.3) is 5.69 Å². The van der Waals surface area contributed by atoms with Gasteiger partial charge in [-0.3, -0.25) is 4.79 Å². The smallest absolute Gasteiger partial charge is 0.274 e. The van der Waals surface area contributed by atoms with Crippen LogP contribution in [0.4, 0.5) is 0 Å². The lowest BCUT2D eigenvalue weighted by atomic mass is 10.2. The molecule has 1 aromatic carbocycles. The Morgan fingerprint density at radius 3 is 2.54 bits per heavy atom. The summed E-state index contributed by atoms with van der Waals surface area (Å²) in [5.74, 6) is 0.481. The van der Waals surface area contributed by atoms with E-state index in [1.165, 1.54) is 0 Å². The fourth-order valence-corrected chi connectivity index (χ4v) is 2.98. The number of hydrogen-bond acceptors (Lipinski definition) is 4. The summed E-state index contributed by atoms with van der Waals surface area (Å²) in [6, 6.07) is 11.4. The molecule has 0 radical (unpaired) electrons. The van der Waals surface area contributed by atoms with Gasteiger partial charge in [-0.1, -0.05) is 18.2 Å². The summed E-state index contributed by atoms with van der Waals surface area (Å²) in [7, 11) is 0. The van der Waals surface area contributed by atoms with E-state index in [1.807, 2.05) is 51.1 Å². The number of benzene rings is 1. The highest BCUT2D eigenvalue weighted by molar-refractivity contribution is 5.92. The predicted molar refractivity (Wildman–Crippen MR) is 90.6 cm³/mol. The first kappa shape index (κ1) is 16.5. The van der Waals surface area contributed by atoms with E-state index in [9.17, 15) is 4.79 Å². The van der Waals surface area contributed by atoms with Crippen molar-refractivity contribution < 1.29 is 14.3 Å². The van der Waals surface area contributed by atoms with Gasteiger partial charge in [-0.25, -0.2) is 4.68 Å². The fourth-order valence-electron chi connectivity index (χ4n) is 2.98. The molecule has 6 heteroatoms. The summed E-state index contributed by atoms with van der Waals surface area (Å²) in [5.41, 5.74) is 1.26. The van der Waals surface area contributed by atoms with Gasteiger partial charge in [0.15, 0.2) is 5.69 Å². The first-order valence-electron chi connectivity index (χ1n) is 8.31. The monoisotopic (exact) mass is 329 g/mol. The summed E-state index contributed by atoms with van der Waals surface area (Å²) < 4.78 is 13.0. The second-order valence-electron chi connectivity index (χ2n) is 6.02. The molecule has 3 rings (SSSR count). The Kier molecular flexibility index (Phi) is 4.85. The van der Waals surface area contributed by atoms with E-state index in [-0.39, 0.29) is 18.1 Å². The quantitative estimate of drug-likeness (QED) is 0.865. The average molecular weight is 329 g/mol. The zero-order valence-electron chi connectivity index (χ0n) is 14.3. The number of carbonyl (C=O) groups is 1. The van der Waals surface area contributed by atoms with Crippen molar-refractivity contribution >= 4 is 5.91 Å². The summed E-state index contributed by atoms with van der Waals surface area (Å²) in [5, 5.41) is 4.48. The third-order valence-electron chi connectivity index (χ3n) is 3.90. The van der Waals surface area contributed by atoms with Crippen molar-refractivity contribution in [1.29, 1.82) is 0 Å². The van der Waals surface area contributed by atoms with Gasteiger partial charge in [0, 0.05) is 19.2 Å². The molecule has 0 aliphatic carbocycles. The number of hydrogen-bond donors (Lipinski definition) is 0. The number of ether oxygens (including phenoxy) is 2. The van der Waals surface area contributed by atoms with Crippen molar-refractivity contribution in [2.45, 2.75) is 33.0 Å². The van der Waals surface area contributed by atoms with Crippen LogP contribution in [-0.2, 0) is 4.74 Å². The molecule has 2 aromatic rings. The minimum Gasteiger partial charge on any atom is -0.478 e. The third-order valence-corrected chi connectivity index (χ3v) is 3.90. The molecule has 0 saturated carbocycles. The van der Waals surface area contributed by atoms with E-state index in [0.29, 0.717) is 31.3 Å². The van der Waals surface area contributed by atoms with Crippen molar-refractivity contribution in [1.82, 2.24) is 14.7 Å². The Morgan fingerprint density at radius 2 is 1.92 bits per heavy atom. The summed E-state index contributed by atoms with van der Waals surface area (Å²) in [4.78, 5) is 14.6. The Labute approximate surface area is 142 Å². The highest BCUT2D eigenvalue weighted by atomic mass is 16.5. The van der Waals surface area contributed by atoms with E-state index in [4.69, 9.17) is 9.47 Å². The lowest BCUT2D eigenvalue weighted by molar-refractivity contribution is -0.0587. The van der Waals surface area contributed by atoms with Crippen molar-refractivity contribution in [3.8, 4) is 11.6 Å². The molecule has 1 fully saturated rings. The van der Waals surface area contributed by atoms with Crippen LogP contribution in [0.3, 0.4) is 0 Å². The maximum absolute atomic E-state index is 12.8. The highest BCUT2D eigenvalue weighted by Crippen LogP contribution is 2.21. The first-order chi connectivity index (χ1) is 11.6. The van der Waals surface area contributed by atoms with Crippen LogP contribution in [0.15, 0.2) is 36.4 Å². The van der Waals surface area contributed by atoms with Gasteiger partial charge in [0.2, 0.25) is 5.88 Å². The van der Waals surface area contributed by atoms with E-state index >= 15 is 0 Å². The molecule has 1 aliphatic rings. The Balaban J connectivity index is 1.89. The van der Waals surface area contributed by atoms with Crippen LogP contribution in [0.2, 0.25) is 0 Å². The van der Waals surface area contributed by atoms with Gasteiger partial charge >= 0.3 is 0 Å². The molecule has 128 valence electrons. The SMILES string of the molecule is CCOc1cc(C(=O)N2C[C@H](C)O[C@@H](C)C2)nn1-c1ccccc1. The van der Waals surface area contributed by atoms with E-state index < -0.39 is 0 Å². The largest absolute Gasteiger partial charge is 0.478 e. The molecule has 0 bridgehead atoms. The number of rotatable bonds is 4. The minimum absolute atomic E-state index is 0.0280. The lowest BCUT2D eigenvalue weighted by Crippen LogP contribution is -2.48. The Bertz CT molecular complexity index is 689. The number of carbonyl (C=O) groups excluding carboxylic acids is 1. The van der Waals surface area contributed by atoms with Crippen LogP contribution in [0.1, 0.15) is 31.3 Å². The maximum Gasteiger partial charge on any atom is 0.274 e. The number of nitrogens with zero attached hydrogens (tertiary/aromatic N) is 3. The topological polar surface area (TPSA) is 56.6 Å². The molecule has 1 amide bonds. The van der Waals surface area contributed by atoms with Gasteiger partial charge < -0.3 is 14.4 Å². The zero-order chi connectivity index (χ0) is 17.1. The average Bonchev–Trinajstić information content (AvgIpc) is 2.98. The van der Waals surface area contributed by atoms with Crippen molar-refractivity contribution in [3.05, 3.63) is 42.1 Å². The molecular formula is C18H23N3O3. The molecular weight excluding hydrogens is 306 g/mol. The molecule has 0 N–H and O–H groups in total. The van der Waals surface area contributed by atoms with Crippen LogP contribution in [0.5, 0.6) is 5.88 Å². The molecule has 1 aromatic heterocycles. The van der Waals surface area contributed by atoms with Crippen molar-refractivity contribution in [2.75, 3.05) is 19.7 Å². The van der Waals surface area contributed by atoms with E-state index in [1.54, 1.807) is 15.6 Å². The van der Waals surface area contributed by atoms with E-state index in [2.05, 4.69) is 5.10 Å². The standard InChI is InChI=1S/C18H23N3O3/c1-4-23-17-10-16(19-21(17)15-8-6-5-7-9-15)18(22)20-11-13(2)24-14(3)12-20/h5-10,13-14H,4,11-12H2,1-3H3/t13-,14-/m0/s1. The molecule has 6 nitrogen and oxygen atoms in total. The normalized spacial score (nSPS) is 20.9. The minimum atomic E-state index is -0.0902. The molecule has 24 heavy (non-hydrogen) atoms. The lowest BCUT2D eigenvalue weighted by Gasteiger charge is -2.34. The maximum atomic E-state index is 12.8. The van der Waals surface area contributed by atoms with Crippen LogP contribution >= 0.6 is 0 Å². The Morgan fingerprint density at radius 1 is 1.25 bits per heavy atom. The Hall–Kier alpha value is -2.34. The second-order valence-corrected chi connectivity index (χ2v) is 6.02. The van der Waals surface area contributed by atoms with Crippen molar-refractivity contribution in [3.63, 3.8) is 0 Å². The number of amides is 1. The number of para-hydroxylation sites is 1. The molecule has 2 atom stereocenters. The molecule has 1 aliphatic heterocycles. The fraction of sp³-hybridized carbons (Fsp3) is 0.444. The summed E-state index contributed by atoms with van der Waals surface area (Å²) in [6.45, 7) is 7.53. The molecule has 1 saturated heterocycles. The van der Waals surface area contributed by atoms with Crippen LogP contribution in [-0.4, -0.2) is 52.5 Å². The van der Waals surface area contributed by atoms with Gasteiger partial charge in [-0.05, 0) is 32.9 Å². The molecule has 2 heterocycles. The van der Waals surface area contributed by atoms with Crippen LogP contribution < -0.4 is 4.74 Å². The van der Waals surface area contributed by atoms with Crippen LogP contribution in [0, 0.1) is 0 Å². The van der Waals surface area contributed by atoms with Gasteiger partial charge in [-0.15, -0.1) is 0 Å². The van der Waals surface area contributed by atoms with Gasteiger partial charge in [0.25, 0.3) is 5.91 Å². The molecule has 0 spiro atoms. The number of morpholine rings is 1. The second kappa shape index (κ2) is 7.05. The summed E-state index contributed by atoms with van der Waals surface area (Å²) >= 11 is 0. The molecule has 0 unspecified atom stereocenters. The highest BCUT2D eigenvalue weighted by Gasteiger charge is 2.28. The van der Waals surface area contributed by atoms with Gasteiger partial charge in [0.1, 0.15) is 0 Å². The zero-order valence-corrected chi connectivity index (χ0v) is 14.3. The summed E-state index contributed by atoms with van der Waals surface area (Å²) in [6.07, 6.45) is 0.0561. The van der Waals surface area contributed by atoms with Gasteiger partial charge in [-0.2, -0.15) is 5.10 Å². The number of aromatic nitrogens is 2. The van der Waals surface area contributed by atoms with E-state index in [0.717, 1.165) is 5.69 Å². The predicted octanol–water partition coefficient (Wildman–Crippen LogP) is 2.52. The third kappa shape index (κ3) is 3.43.